The lowest BCUT2D eigenvalue weighted by atomic mass is 9.71. The third-order valence-electron chi connectivity index (χ3n) is 8.38. The number of hydrogen-bond acceptors (Lipinski definition) is 7. The van der Waals surface area contributed by atoms with Gasteiger partial charge in [-0.05, 0) is 67.0 Å². The van der Waals surface area contributed by atoms with Crippen LogP contribution in [0.15, 0.2) is 77.7 Å². The Morgan fingerprint density at radius 1 is 0.902 bits per heavy atom. The molecule has 3 fully saturated rings. The largest absolute Gasteiger partial charge is 0.496 e. The van der Waals surface area contributed by atoms with E-state index >= 15 is 0 Å². The van der Waals surface area contributed by atoms with Crippen molar-refractivity contribution >= 4 is 21.8 Å². The third kappa shape index (κ3) is 5.11. The van der Waals surface area contributed by atoms with Crippen LogP contribution in [0.5, 0.6) is 11.5 Å². The van der Waals surface area contributed by atoms with E-state index in [0.29, 0.717) is 42.7 Å². The van der Waals surface area contributed by atoms with Crippen LogP contribution >= 0.6 is 0 Å². The van der Waals surface area contributed by atoms with Crippen LogP contribution in [0.2, 0.25) is 0 Å². The van der Waals surface area contributed by atoms with E-state index in [4.69, 9.17) is 15.2 Å². The number of fused-ring (bicyclic) bond motifs is 3. The smallest absolute Gasteiger partial charge is 0.331 e. The number of ether oxygens (including phenoxy) is 2. The number of carboxylic acids is 1. The zero-order valence-electron chi connectivity index (χ0n) is 23.0. The van der Waals surface area contributed by atoms with Crippen molar-refractivity contribution in [2.75, 3.05) is 14.2 Å². The van der Waals surface area contributed by atoms with Gasteiger partial charge in [-0.2, -0.15) is 4.31 Å². The molecular weight excluding hydrogens is 544 g/mol. The molecule has 2 bridgehead atoms. The second-order valence-electron chi connectivity index (χ2n) is 10.7. The molecular formula is C31H34N2O7S. The Bertz CT molecular complexity index is 1510. The van der Waals surface area contributed by atoms with Gasteiger partial charge in [0.25, 0.3) is 0 Å². The molecule has 1 saturated carbocycles. The molecule has 41 heavy (non-hydrogen) atoms. The minimum atomic E-state index is -4.06. The predicted molar refractivity (Wildman–Crippen MR) is 153 cm³/mol. The van der Waals surface area contributed by atoms with Crippen molar-refractivity contribution in [3.8, 4) is 22.6 Å². The van der Waals surface area contributed by atoms with Crippen molar-refractivity contribution in [2.24, 2.45) is 11.7 Å². The molecule has 2 aliphatic heterocycles. The molecule has 9 nitrogen and oxygen atoms in total. The average molecular weight is 579 g/mol. The Morgan fingerprint density at radius 2 is 1.49 bits per heavy atom. The molecule has 1 aliphatic carbocycles. The number of rotatable bonds is 10. The minimum absolute atomic E-state index is 0.0747. The molecule has 0 aromatic heterocycles. The van der Waals surface area contributed by atoms with E-state index in [0.717, 1.165) is 11.1 Å². The number of aliphatic carboxylic acids is 1. The second kappa shape index (κ2) is 11.3. The number of piperidine rings is 2. The average Bonchev–Trinajstić information content (AvgIpc) is 3.01. The summed E-state index contributed by atoms with van der Waals surface area (Å²) in [5.41, 5.74) is 6.17. The third-order valence-corrected chi connectivity index (χ3v) is 10.3. The van der Waals surface area contributed by atoms with Crippen molar-refractivity contribution < 1.29 is 32.6 Å². The number of sulfonamides is 1. The molecule has 2 heterocycles. The number of Topliss-reactive ketones (excluding diaryl/α,β-unsaturated/α-hetero) is 1. The zero-order chi connectivity index (χ0) is 29.4. The molecule has 3 aliphatic rings. The Labute approximate surface area is 239 Å². The number of nitrogens with two attached hydrogens (primary N) is 1. The number of carbonyl (C=O) groups is 2. The van der Waals surface area contributed by atoms with Gasteiger partial charge < -0.3 is 20.3 Å². The van der Waals surface area contributed by atoms with Crippen molar-refractivity contribution in [2.45, 2.75) is 54.6 Å². The summed E-state index contributed by atoms with van der Waals surface area (Å²) in [4.78, 5) is 26.9. The molecule has 10 heteroatoms. The quantitative estimate of drug-likeness (QED) is 0.346. The normalized spacial score (nSPS) is 22.1. The lowest BCUT2D eigenvalue weighted by Gasteiger charge is -2.50. The van der Waals surface area contributed by atoms with Gasteiger partial charge in [-0.25, -0.2) is 13.2 Å². The fourth-order valence-electron chi connectivity index (χ4n) is 6.28. The van der Waals surface area contributed by atoms with Crippen molar-refractivity contribution in [1.82, 2.24) is 4.31 Å². The summed E-state index contributed by atoms with van der Waals surface area (Å²) in [6, 6.07) is 18.9. The molecule has 3 aromatic rings. The van der Waals surface area contributed by atoms with Crippen LogP contribution in [0.1, 0.15) is 31.2 Å². The molecule has 0 radical (unpaired) electrons. The number of carboxylic acid groups (broad SMARTS) is 1. The highest BCUT2D eigenvalue weighted by molar-refractivity contribution is 7.89. The maximum atomic E-state index is 14.2. The molecule has 2 saturated heterocycles. The van der Waals surface area contributed by atoms with E-state index in [1.807, 2.05) is 18.2 Å². The summed E-state index contributed by atoms with van der Waals surface area (Å²) < 4.78 is 39.8. The van der Waals surface area contributed by atoms with E-state index < -0.39 is 33.4 Å². The fourth-order valence-corrected chi connectivity index (χ4v) is 8.19. The number of ketones is 1. The van der Waals surface area contributed by atoms with Crippen LogP contribution in [-0.4, -0.2) is 61.4 Å². The maximum Gasteiger partial charge on any atom is 0.331 e. The number of methoxy groups -OCH3 is 2. The van der Waals surface area contributed by atoms with Crippen LogP contribution in [0.25, 0.3) is 11.1 Å². The first-order chi connectivity index (χ1) is 19.6. The number of carbonyl (C=O) groups excluding carboxylic acids is 1. The Hall–Kier alpha value is -3.73. The van der Waals surface area contributed by atoms with Gasteiger partial charge >= 0.3 is 5.97 Å². The zero-order valence-corrected chi connectivity index (χ0v) is 23.8. The summed E-state index contributed by atoms with van der Waals surface area (Å²) in [7, 11) is -0.930. The number of benzene rings is 3. The van der Waals surface area contributed by atoms with E-state index in [1.165, 1.54) is 16.4 Å². The van der Waals surface area contributed by atoms with Gasteiger partial charge in [-0.1, -0.05) is 48.5 Å². The van der Waals surface area contributed by atoms with Crippen molar-refractivity contribution in [3.63, 3.8) is 0 Å². The van der Waals surface area contributed by atoms with Crippen LogP contribution in [0, 0.1) is 5.92 Å². The molecule has 2 atom stereocenters. The van der Waals surface area contributed by atoms with Crippen LogP contribution in [0.3, 0.4) is 0 Å². The lowest BCUT2D eigenvalue weighted by molar-refractivity contribution is -0.151. The number of nitrogens with zero attached hydrogens (tertiary/aromatic N) is 1. The van der Waals surface area contributed by atoms with Gasteiger partial charge in [0.2, 0.25) is 10.0 Å². The molecule has 3 aromatic carbocycles. The highest BCUT2D eigenvalue weighted by Gasteiger charge is 2.56. The molecule has 0 spiro atoms. The van der Waals surface area contributed by atoms with Crippen molar-refractivity contribution in [1.29, 1.82) is 0 Å². The first kappa shape index (κ1) is 28.8. The summed E-state index contributed by atoms with van der Waals surface area (Å²) >= 11 is 0. The van der Waals surface area contributed by atoms with E-state index in [9.17, 15) is 23.1 Å². The Morgan fingerprint density at radius 3 is 2.02 bits per heavy atom. The minimum Gasteiger partial charge on any atom is -0.496 e. The second-order valence-corrected chi connectivity index (χ2v) is 12.6. The molecule has 3 N–H and O–H groups in total. The van der Waals surface area contributed by atoms with Gasteiger partial charge in [0.05, 0.1) is 30.7 Å². The van der Waals surface area contributed by atoms with Gasteiger partial charge in [-0.15, -0.1) is 0 Å². The molecule has 216 valence electrons. The molecule has 6 rings (SSSR count). The van der Waals surface area contributed by atoms with Crippen molar-refractivity contribution in [3.05, 3.63) is 78.4 Å². The van der Waals surface area contributed by atoms with Gasteiger partial charge in [0, 0.05) is 12.5 Å². The summed E-state index contributed by atoms with van der Waals surface area (Å²) in [5, 5.41) is 10.3. The summed E-state index contributed by atoms with van der Waals surface area (Å²) in [6.45, 7) is 0. The van der Waals surface area contributed by atoms with Crippen LogP contribution in [-0.2, 0) is 26.0 Å². The Kier molecular flexibility index (Phi) is 7.91. The first-order valence-corrected chi connectivity index (χ1v) is 15.0. The summed E-state index contributed by atoms with van der Waals surface area (Å²) in [5.74, 6) is -1.35. The van der Waals surface area contributed by atoms with Gasteiger partial charge in [0.1, 0.15) is 11.5 Å². The highest BCUT2D eigenvalue weighted by Crippen LogP contribution is 2.44. The topological polar surface area (TPSA) is 136 Å². The van der Waals surface area contributed by atoms with Crippen LogP contribution in [0.4, 0.5) is 0 Å². The van der Waals surface area contributed by atoms with Crippen LogP contribution < -0.4 is 15.2 Å². The highest BCUT2D eigenvalue weighted by atomic mass is 32.2. The molecule has 0 amide bonds. The Balaban J connectivity index is 1.48. The lowest BCUT2D eigenvalue weighted by Crippen LogP contribution is -2.68. The standard InChI is InChI=1S/C31H34N2O7S/c1-39-25-9-6-10-26(40-2)27(25)21-13-11-20(12-14-21)19-31(32,30(35)36)29(34)28-22-15-17-23(18-16-22)33(28)41(37,38)24-7-4-3-5-8-24/h3-14,22-23,28H,15-19,32H2,1-2H3,(H,35,36)/t22?,23?,28-,31+/m0/s1. The van der Waals surface area contributed by atoms with Gasteiger partial charge in [-0.3, -0.25) is 4.79 Å². The monoisotopic (exact) mass is 578 g/mol. The molecule has 0 unspecified atom stereocenters. The fraction of sp³-hybridized carbons (Fsp3) is 0.355. The van der Waals surface area contributed by atoms with E-state index in [1.54, 1.807) is 56.7 Å². The predicted octanol–water partition coefficient (Wildman–Crippen LogP) is 3.90. The number of hydrogen-bond donors (Lipinski definition) is 2. The SMILES string of the molecule is COc1cccc(OC)c1-c1ccc(C[C@](N)(C(=O)O)C(=O)[C@@H]2C3CCC(CC3)N2S(=O)(=O)c2ccccc2)cc1. The maximum absolute atomic E-state index is 14.2. The van der Waals surface area contributed by atoms with Gasteiger partial charge in [0.15, 0.2) is 11.3 Å². The first-order valence-electron chi connectivity index (χ1n) is 13.6. The summed E-state index contributed by atoms with van der Waals surface area (Å²) in [6.07, 6.45) is 2.25. The van der Waals surface area contributed by atoms with E-state index in [-0.39, 0.29) is 23.3 Å². The van der Waals surface area contributed by atoms with E-state index in [2.05, 4.69) is 0 Å².